The van der Waals surface area contributed by atoms with Crippen molar-refractivity contribution in [2.45, 2.75) is 59.4 Å². The summed E-state index contributed by atoms with van der Waals surface area (Å²) >= 11 is 1.69. The van der Waals surface area contributed by atoms with Gasteiger partial charge in [-0.25, -0.2) is 9.97 Å². The lowest BCUT2D eigenvalue weighted by atomic mass is 10.00. The number of amides is 1. The zero-order chi connectivity index (χ0) is 17.3. The third-order valence-corrected chi connectivity index (χ3v) is 6.07. The molecule has 3 rings (SSSR count). The number of rotatable bonds is 4. The van der Waals surface area contributed by atoms with Crippen LogP contribution in [0.25, 0.3) is 10.2 Å². The third kappa shape index (κ3) is 3.24. The summed E-state index contributed by atoms with van der Waals surface area (Å²) in [5.74, 6) is 1.71. The summed E-state index contributed by atoms with van der Waals surface area (Å²) in [7, 11) is 0. The number of piperidine rings is 1. The molecule has 0 saturated carbocycles. The van der Waals surface area contributed by atoms with Gasteiger partial charge in [0.2, 0.25) is 5.91 Å². The van der Waals surface area contributed by atoms with Crippen LogP contribution >= 0.6 is 11.3 Å². The van der Waals surface area contributed by atoms with Gasteiger partial charge in [0.1, 0.15) is 16.5 Å². The second-order valence-corrected chi connectivity index (χ2v) is 7.78. The zero-order valence-corrected chi connectivity index (χ0v) is 15.8. The normalized spacial score (nSPS) is 18.2. The second kappa shape index (κ2) is 7.05. The molecule has 0 aliphatic carbocycles. The minimum absolute atomic E-state index is 0.176. The SMILES string of the molecule is CCC1CCCCN1C(=O)CNc1nc(C)nc2sc(C)c(C)c12. The van der Waals surface area contributed by atoms with Crippen LogP contribution in [0.4, 0.5) is 5.82 Å². The molecule has 1 aliphatic heterocycles. The lowest BCUT2D eigenvalue weighted by Gasteiger charge is -2.35. The first-order chi connectivity index (χ1) is 11.5. The molecule has 1 fully saturated rings. The van der Waals surface area contributed by atoms with Crippen molar-refractivity contribution in [3.8, 4) is 0 Å². The molecule has 0 spiro atoms. The van der Waals surface area contributed by atoms with Crippen LogP contribution in [-0.2, 0) is 4.79 Å². The Bertz CT molecular complexity index is 755. The van der Waals surface area contributed by atoms with Gasteiger partial charge in [0.15, 0.2) is 0 Å². The molecule has 0 radical (unpaired) electrons. The topological polar surface area (TPSA) is 58.1 Å². The number of carbonyl (C=O) groups excluding carboxylic acids is 1. The minimum atomic E-state index is 0.176. The minimum Gasteiger partial charge on any atom is -0.360 e. The van der Waals surface area contributed by atoms with Crippen molar-refractivity contribution in [1.29, 1.82) is 0 Å². The highest BCUT2D eigenvalue weighted by Gasteiger charge is 2.25. The van der Waals surface area contributed by atoms with Crippen molar-refractivity contribution in [1.82, 2.24) is 14.9 Å². The Labute approximate surface area is 147 Å². The number of likely N-dealkylation sites (tertiary alicyclic amines) is 1. The van der Waals surface area contributed by atoms with Crippen LogP contribution in [0, 0.1) is 20.8 Å². The lowest BCUT2D eigenvalue weighted by molar-refractivity contribution is -0.133. The number of anilines is 1. The summed E-state index contributed by atoms with van der Waals surface area (Å²) in [5, 5.41) is 4.35. The molecule has 130 valence electrons. The van der Waals surface area contributed by atoms with E-state index >= 15 is 0 Å². The zero-order valence-electron chi connectivity index (χ0n) is 15.0. The van der Waals surface area contributed by atoms with Gasteiger partial charge in [-0.05, 0) is 52.0 Å². The Hall–Kier alpha value is -1.69. The number of aryl methyl sites for hydroxylation is 3. The average molecular weight is 347 g/mol. The number of hydrogen-bond acceptors (Lipinski definition) is 5. The molecule has 2 aromatic heterocycles. The Morgan fingerprint density at radius 1 is 1.29 bits per heavy atom. The molecule has 1 aliphatic rings. The van der Waals surface area contributed by atoms with Crippen LogP contribution in [0.3, 0.4) is 0 Å². The fourth-order valence-corrected chi connectivity index (χ4v) is 4.57. The van der Waals surface area contributed by atoms with Gasteiger partial charge in [-0.2, -0.15) is 0 Å². The highest BCUT2D eigenvalue weighted by Crippen LogP contribution is 2.33. The van der Waals surface area contributed by atoms with Gasteiger partial charge in [0, 0.05) is 17.5 Å². The van der Waals surface area contributed by atoms with Crippen molar-refractivity contribution < 1.29 is 4.79 Å². The van der Waals surface area contributed by atoms with Gasteiger partial charge < -0.3 is 10.2 Å². The Morgan fingerprint density at radius 3 is 2.83 bits per heavy atom. The van der Waals surface area contributed by atoms with Crippen molar-refractivity contribution in [2.75, 3.05) is 18.4 Å². The summed E-state index contributed by atoms with van der Waals surface area (Å²) in [4.78, 5) is 26.0. The Kier molecular flexibility index (Phi) is 5.04. The van der Waals surface area contributed by atoms with E-state index in [0.29, 0.717) is 12.6 Å². The molecule has 0 bridgehead atoms. The molecule has 2 aromatic rings. The Morgan fingerprint density at radius 2 is 2.08 bits per heavy atom. The molecule has 1 saturated heterocycles. The first-order valence-corrected chi connectivity index (χ1v) is 9.60. The third-order valence-electron chi connectivity index (χ3n) is 4.97. The van der Waals surface area contributed by atoms with E-state index in [-0.39, 0.29) is 5.91 Å². The maximum Gasteiger partial charge on any atom is 0.242 e. The predicted molar refractivity (Wildman–Crippen MR) is 99.8 cm³/mol. The molecule has 6 heteroatoms. The summed E-state index contributed by atoms with van der Waals surface area (Å²) in [6.07, 6.45) is 4.50. The smallest absolute Gasteiger partial charge is 0.242 e. The predicted octanol–water partition coefficient (Wildman–Crippen LogP) is 3.82. The number of nitrogens with one attached hydrogen (secondary N) is 1. The first-order valence-electron chi connectivity index (χ1n) is 8.79. The fourth-order valence-electron chi connectivity index (χ4n) is 3.50. The second-order valence-electron chi connectivity index (χ2n) is 6.58. The van der Waals surface area contributed by atoms with Crippen LogP contribution in [0.5, 0.6) is 0 Å². The van der Waals surface area contributed by atoms with E-state index in [9.17, 15) is 4.79 Å². The van der Waals surface area contributed by atoms with Gasteiger partial charge in [-0.3, -0.25) is 4.79 Å². The summed E-state index contributed by atoms with van der Waals surface area (Å²) < 4.78 is 0. The lowest BCUT2D eigenvalue weighted by Crippen LogP contribution is -2.45. The fraction of sp³-hybridized carbons (Fsp3) is 0.611. The van der Waals surface area contributed by atoms with Crippen molar-refractivity contribution >= 4 is 33.3 Å². The number of aromatic nitrogens is 2. The largest absolute Gasteiger partial charge is 0.360 e. The van der Waals surface area contributed by atoms with Gasteiger partial charge in [-0.1, -0.05) is 6.92 Å². The van der Waals surface area contributed by atoms with E-state index in [4.69, 9.17) is 0 Å². The summed E-state index contributed by atoms with van der Waals surface area (Å²) in [5.41, 5.74) is 1.20. The standard InChI is InChI=1S/C18H26N4OS/c1-5-14-8-6-7-9-22(14)15(23)10-19-17-16-11(2)12(3)24-18(16)21-13(4)20-17/h14H,5-10H2,1-4H3,(H,19,20,21). The number of nitrogens with zero attached hydrogens (tertiary/aromatic N) is 3. The van der Waals surface area contributed by atoms with Gasteiger partial charge >= 0.3 is 0 Å². The van der Waals surface area contributed by atoms with Gasteiger partial charge in [0.05, 0.1) is 11.9 Å². The summed E-state index contributed by atoms with van der Waals surface area (Å²) in [6.45, 7) is 9.44. The molecule has 1 N–H and O–H groups in total. The highest BCUT2D eigenvalue weighted by atomic mass is 32.1. The first kappa shape index (κ1) is 17.1. The van der Waals surface area contributed by atoms with Crippen LogP contribution in [0.15, 0.2) is 0 Å². The number of carbonyl (C=O) groups is 1. The molecule has 3 heterocycles. The molecule has 5 nitrogen and oxygen atoms in total. The molecular weight excluding hydrogens is 320 g/mol. The van der Waals surface area contributed by atoms with Crippen molar-refractivity contribution in [3.05, 3.63) is 16.3 Å². The van der Waals surface area contributed by atoms with E-state index < -0.39 is 0 Å². The monoisotopic (exact) mass is 346 g/mol. The maximum absolute atomic E-state index is 12.7. The molecule has 1 unspecified atom stereocenters. The van der Waals surface area contributed by atoms with E-state index in [1.165, 1.54) is 16.9 Å². The Balaban J connectivity index is 1.79. The van der Waals surface area contributed by atoms with E-state index in [0.717, 1.165) is 47.7 Å². The molecule has 24 heavy (non-hydrogen) atoms. The van der Waals surface area contributed by atoms with E-state index in [2.05, 4.69) is 36.1 Å². The number of fused-ring (bicyclic) bond motifs is 1. The average Bonchev–Trinajstić information content (AvgIpc) is 2.86. The quantitative estimate of drug-likeness (QED) is 0.914. The molecule has 1 atom stereocenters. The summed E-state index contributed by atoms with van der Waals surface area (Å²) in [6, 6.07) is 0.394. The van der Waals surface area contributed by atoms with Gasteiger partial charge in [0.25, 0.3) is 0 Å². The highest BCUT2D eigenvalue weighted by molar-refractivity contribution is 7.18. The number of hydrogen-bond donors (Lipinski definition) is 1. The van der Waals surface area contributed by atoms with E-state index in [1.54, 1.807) is 11.3 Å². The molecule has 0 aromatic carbocycles. The van der Waals surface area contributed by atoms with Crippen LogP contribution < -0.4 is 5.32 Å². The molecule has 1 amide bonds. The molecular formula is C18H26N4OS. The van der Waals surface area contributed by atoms with Crippen molar-refractivity contribution in [3.63, 3.8) is 0 Å². The van der Waals surface area contributed by atoms with Crippen LogP contribution in [0.1, 0.15) is 48.9 Å². The number of thiophene rings is 1. The maximum atomic E-state index is 12.7. The van der Waals surface area contributed by atoms with Crippen LogP contribution in [0.2, 0.25) is 0 Å². The van der Waals surface area contributed by atoms with Crippen LogP contribution in [-0.4, -0.2) is 39.9 Å². The van der Waals surface area contributed by atoms with Gasteiger partial charge in [-0.15, -0.1) is 11.3 Å². The van der Waals surface area contributed by atoms with E-state index in [1.807, 2.05) is 11.8 Å². The van der Waals surface area contributed by atoms with Crippen molar-refractivity contribution in [2.24, 2.45) is 0 Å².